The summed E-state index contributed by atoms with van der Waals surface area (Å²) in [5, 5.41) is 10.7. The third-order valence-corrected chi connectivity index (χ3v) is 3.65. The number of nitro groups is 1. The molecular weight excluding hydrogens is 252 g/mol. The van der Waals surface area contributed by atoms with Crippen LogP contribution in [-0.2, 0) is 6.54 Å². The standard InChI is InChI=1S/C13H21N2O2.ClH/c1-4-15(5-2,6-3)11-12-8-7-9-13(10-12)14(16)17;/h7-10H,4-6,11H2,1-3H3;1H/q+1;. The van der Waals surface area contributed by atoms with Crippen molar-refractivity contribution >= 4 is 18.1 Å². The van der Waals surface area contributed by atoms with E-state index in [0.29, 0.717) is 0 Å². The molecule has 0 aliphatic heterocycles. The summed E-state index contributed by atoms with van der Waals surface area (Å²) in [6.07, 6.45) is 0. The topological polar surface area (TPSA) is 43.1 Å². The SMILES string of the molecule is CC[N+](CC)(CC)Cc1cccc([N+](=O)[O-])c1.Cl. The van der Waals surface area contributed by atoms with Crippen LogP contribution in [0.25, 0.3) is 0 Å². The van der Waals surface area contributed by atoms with Gasteiger partial charge in [0, 0.05) is 17.7 Å². The number of quaternary nitrogens is 1. The average molecular weight is 274 g/mol. The summed E-state index contributed by atoms with van der Waals surface area (Å²) < 4.78 is 0.973. The first-order valence-corrected chi connectivity index (χ1v) is 6.15. The Kier molecular flexibility index (Phi) is 6.88. The maximum absolute atomic E-state index is 10.7. The molecule has 1 aromatic rings. The molecule has 0 radical (unpaired) electrons. The van der Waals surface area contributed by atoms with Crippen molar-refractivity contribution in [3.8, 4) is 0 Å². The maximum Gasteiger partial charge on any atom is 0.269 e. The van der Waals surface area contributed by atoms with E-state index in [1.54, 1.807) is 18.2 Å². The van der Waals surface area contributed by atoms with Gasteiger partial charge in [-0.1, -0.05) is 12.1 Å². The number of nitrogens with zero attached hydrogens (tertiary/aromatic N) is 2. The summed E-state index contributed by atoms with van der Waals surface area (Å²) in [6.45, 7) is 10.5. The minimum atomic E-state index is -0.331. The summed E-state index contributed by atoms with van der Waals surface area (Å²) in [5.74, 6) is 0. The molecule has 1 rings (SSSR count). The van der Waals surface area contributed by atoms with Crippen molar-refractivity contribution in [3.05, 3.63) is 39.9 Å². The molecule has 102 valence electrons. The van der Waals surface area contributed by atoms with Crippen LogP contribution in [0, 0.1) is 10.1 Å². The van der Waals surface area contributed by atoms with Crippen molar-refractivity contribution in [1.29, 1.82) is 0 Å². The fourth-order valence-electron chi connectivity index (χ4n) is 2.16. The van der Waals surface area contributed by atoms with Crippen LogP contribution in [0.3, 0.4) is 0 Å². The van der Waals surface area contributed by atoms with Gasteiger partial charge in [-0.05, 0) is 20.8 Å². The van der Waals surface area contributed by atoms with Crippen LogP contribution in [0.2, 0.25) is 0 Å². The van der Waals surface area contributed by atoms with Crippen molar-refractivity contribution in [2.24, 2.45) is 0 Å². The number of rotatable bonds is 6. The molecule has 0 aromatic heterocycles. The van der Waals surface area contributed by atoms with E-state index >= 15 is 0 Å². The number of halogens is 1. The summed E-state index contributed by atoms with van der Waals surface area (Å²) in [6, 6.07) is 6.97. The molecule has 0 unspecified atom stereocenters. The van der Waals surface area contributed by atoms with Crippen molar-refractivity contribution in [2.45, 2.75) is 27.3 Å². The molecule has 0 aliphatic carbocycles. The van der Waals surface area contributed by atoms with Crippen molar-refractivity contribution in [3.63, 3.8) is 0 Å². The van der Waals surface area contributed by atoms with E-state index in [-0.39, 0.29) is 23.0 Å². The van der Waals surface area contributed by atoms with Gasteiger partial charge >= 0.3 is 0 Å². The highest BCUT2D eigenvalue weighted by atomic mass is 35.5. The first kappa shape index (κ1) is 16.9. The van der Waals surface area contributed by atoms with E-state index in [1.807, 2.05) is 6.07 Å². The molecule has 0 N–H and O–H groups in total. The largest absolute Gasteiger partial charge is 0.321 e. The molecule has 0 spiro atoms. The van der Waals surface area contributed by atoms with Crippen LogP contribution in [0.4, 0.5) is 5.69 Å². The lowest BCUT2D eigenvalue weighted by Gasteiger charge is -2.35. The van der Waals surface area contributed by atoms with E-state index in [2.05, 4.69) is 20.8 Å². The lowest BCUT2D eigenvalue weighted by Crippen LogP contribution is -2.46. The number of hydrogen-bond acceptors (Lipinski definition) is 2. The zero-order valence-electron chi connectivity index (χ0n) is 11.3. The molecule has 0 saturated heterocycles. The van der Waals surface area contributed by atoms with Crippen LogP contribution in [0.15, 0.2) is 24.3 Å². The molecule has 0 fully saturated rings. The minimum Gasteiger partial charge on any atom is -0.321 e. The molecule has 0 amide bonds. The van der Waals surface area contributed by atoms with Crippen molar-refractivity contribution in [1.82, 2.24) is 0 Å². The number of non-ortho nitro benzene ring substituents is 1. The van der Waals surface area contributed by atoms with Gasteiger partial charge in [0.05, 0.1) is 24.6 Å². The molecule has 18 heavy (non-hydrogen) atoms. The number of benzene rings is 1. The molecule has 5 heteroatoms. The van der Waals surface area contributed by atoms with E-state index < -0.39 is 0 Å². The molecule has 0 aliphatic rings. The Bertz CT molecular complexity index is 384. The Hall–Kier alpha value is -1.13. The van der Waals surface area contributed by atoms with Gasteiger partial charge in [-0.15, -0.1) is 12.4 Å². The normalized spacial score (nSPS) is 10.8. The number of nitro benzene ring substituents is 1. The van der Waals surface area contributed by atoms with E-state index in [1.165, 1.54) is 0 Å². The molecular formula is C13H22ClN2O2+. The maximum atomic E-state index is 10.7. The lowest BCUT2D eigenvalue weighted by molar-refractivity contribution is -0.936. The highest BCUT2D eigenvalue weighted by Crippen LogP contribution is 2.18. The zero-order chi connectivity index (χ0) is 12.9. The van der Waals surface area contributed by atoms with Gasteiger partial charge in [0.2, 0.25) is 0 Å². The van der Waals surface area contributed by atoms with Crippen molar-refractivity contribution < 1.29 is 9.41 Å². The van der Waals surface area contributed by atoms with Gasteiger partial charge in [-0.25, -0.2) is 0 Å². The van der Waals surface area contributed by atoms with Crippen LogP contribution >= 0.6 is 12.4 Å². The first-order chi connectivity index (χ1) is 8.06. The second-order valence-corrected chi connectivity index (χ2v) is 4.38. The monoisotopic (exact) mass is 273 g/mol. The Labute approximate surface area is 115 Å². The molecule has 1 aromatic carbocycles. The van der Waals surface area contributed by atoms with Gasteiger partial charge in [0.25, 0.3) is 5.69 Å². The Morgan fingerprint density at radius 1 is 1.17 bits per heavy atom. The molecule has 0 saturated carbocycles. The Balaban J connectivity index is 0.00000289. The quantitative estimate of drug-likeness (QED) is 0.453. The van der Waals surface area contributed by atoms with E-state index in [9.17, 15) is 10.1 Å². The van der Waals surface area contributed by atoms with Crippen LogP contribution in [-0.4, -0.2) is 29.0 Å². The fraction of sp³-hybridized carbons (Fsp3) is 0.538. The van der Waals surface area contributed by atoms with Gasteiger partial charge < -0.3 is 4.48 Å². The zero-order valence-corrected chi connectivity index (χ0v) is 12.1. The fourth-order valence-corrected chi connectivity index (χ4v) is 2.16. The van der Waals surface area contributed by atoms with Crippen LogP contribution in [0.1, 0.15) is 26.3 Å². The highest BCUT2D eigenvalue weighted by Gasteiger charge is 2.21. The van der Waals surface area contributed by atoms with Crippen LogP contribution in [0.5, 0.6) is 0 Å². The van der Waals surface area contributed by atoms with Crippen LogP contribution < -0.4 is 0 Å². The average Bonchev–Trinajstić information content (AvgIpc) is 2.36. The number of hydrogen-bond donors (Lipinski definition) is 0. The molecule has 0 atom stereocenters. The van der Waals surface area contributed by atoms with E-state index in [0.717, 1.165) is 36.2 Å². The van der Waals surface area contributed by atoms with Gasteiger partial charge in [-0.3, -0.25) is 10.1 Å². The third-order valence-electron chi connectivity index (χ3n) is 3.65. The Morgan fingerprint density at radius 2 is 1.72 bits per heavy atom. The summed E-state index contributed by atoms with van der Waals surface area (Å²) in [5.41, 5.74) is 1.23. The van der Waals surface area contributed by atoms with E-state index in [4.69, 9.17) is 0 Å². The highest BCUT2D eigenvalue weighted by molar-refractivity contribution is 5.85. The summed E-state index contributed by atoms with van der Waals surface area (Å²) >= 11 is 0. The predicted octanol–water partition coefficient (Wildman–Crippen LogP) is 3.39. The second-order valence-electron chi connectivity index (χ2n) is 4.38. The molecule has 0 heterocycles. The molecule has 4 nitrogen and oxygen atoms in total. The minimum absolute atomic E-state index is 0. The summed E-state index contributed by atoms with van der Waals surface area (Å²) in [4.78, 5) is 10.4. The smallest absolute Gasteiger partial charge is 0.269 e. The second kappa shape index (κ2) is 7.34. The first-order valence-electron chi connectivity index (χ1n) is 6.15. The van der Waals surface area contributed by atoms with Gasteiger partial charge in [0.15, 0.2) is 0 Å². The van der Waals surface area contributed by atoms with Gasteiger partial charge in [0.1, 0.15) is 6.54 Å². The Morgan fingerprint density at radius 3 is 2.17 bits per heavy atom. The predicted molar refractivity (Wildman–Crippen MR) is 75.9 cm³/mol. The van der Waals surface area contributed by atoms with Gasteiger partial charge in [-0.2, -0.15) is 0 Å². The summed E-state index contributed by atoms with van der Waals surface area (Å²) in [7, 11) is 0. The lowest BCUT2D eigenvalue weighted by atomic mass is 10.1. The van der Waals surface area contributed by atoms with Crippen molar-refractivity contribution in [2.75, 3.05) is 19.6 Å². The third kappa shape index (κ3) is 3.96. The molecule has 0 bridgehead atoms.